The van der Waals surface area contributed by atoms with Crippen LogP contribution >= 0.6 is 12.4 Å². The van der Waals surface area contributed by atoms with Gasteiger partial charge in [-0.15, -0.1) is 12.4 Å². The average Bonchev–Trinajstić information content (AvgIpc) is 2.95. The number of nitrogens with zero attached hydrogens (tertiary/aromatic N) is 1. The van der Waals surface area contributed by atoms with E-state index in [0.29, 0.717) is 52.7 Å². The zero-order chi connectivity index (χ0) is 27.1. The molecule has 1 aromatic heterocycles. The number of hydrogen-bond acceptors (Lipinski definition) is 7. The molecule has 1 aliphatic carbocycles. The molecule has 0 bridgehead atoms. The van der Waals surface area contributed by atoms with Gasteiger partial charge in [-0.2, -0.15) is 0 Å². The molecule has 1 aliphatic rings. The van der Waals surface area contributed by atoms with Crippen LogP contribution in [0.25, 0.3) is 12.2 Å². The number of ketones is 1. The summed E-state index contributed by atoms with van der Waals surface area (Å²) in [5.74, 6) is 1.94. The summed E-state index contributed by atoms with van der Waals surface area (Å²) in [6.45, 7) is 0. The molecule has 1 N–H and O–H groups in total. The van der Waals surface area contributed by atoms with Gasteiger partial charge >= 0.3 is 0 Å². The predicted molar refractivity (Wildman–Crippen MR) is 152 cm³/mol. The van der Waals surface area contributed by atoms with Crippen molar-refractivity contribution in [3.05, 3.63) is 88.8 Å². The zero-order valence-electron chi connectivity index (χ0n) is 22.2. The first-order chi connectivity index (χ1) is 18.4. The maximum absolute atomic E-state index is 13.6. The highest BCUT2D eigenvalue weighted by Crippen LogP contribution is 2.33. The third-order valence-electron chi connectivity index (χ3n) is 6.25. The van der Waals surface area contributed by atoms with E-state index in [2.05, 4.69) is 10.3 Å². The summed E-state index contributed by atoms with van der Waals surface area (Å²) in [4.78, 5) is 30.6. The van der Waals surface area contributed by atoms with Gasteiger partial charge in [-0.1, -0.05) is 18.2 Å². The molecule has 0 unspecified atom stereocenters. The molecule has 1 heterocycles. The van der Waals surface area contributed by atoms with Gasteiger partial charge in [0.2, 0.25) is 0 Å². The molecule has 0 aliphatic heterocycles. The lowest BCUT2D eigenvalue weighted by Crippen LogP contribution is -2.39. The number of halogens is 1. The van der Waals surface area contributed by atoms with Crippen LogP contribution in [-0.2, 0) is 4.79 Å². The van der Waals surface area contributed by atoms with Crippen molar-refractivity contribution in [3.8, 4) is 23.0 Å². The van der Waals surface area contributed by atoms with Crippen molar-refractivity contribution in [1.82, 2.24) is 10.3 Å². The van der Waals surface area contributed by atoms with Crippen LogP contribution in [-0.4, -0.2) is 51.2 Å². The van der Waals surface area contributed by atoms with Crippen LogP contribution in [0, 0.1) is 0 Å². The van der Waals surface area contributed by atoms with Gasteiger partial charge in [0.05, 0.1) is 28.4 Å². The lowest BCUT2D eigenvalue weighted by molar-refractivity contribution is -0.113. The zero-order valence-corrected chi connectivity index (χ0v) is 23.0. The van der Waals surface area contributed by atoms with E-state index in [1.807, 2.05) is 36.4 Å². The molecule has 39 heavy (non-hydrogen) atoms. The molecule has 1 fully saturated rings. The maximum Gasteiger partial charge on any atom is 0.270 e. The standard InChI is InChI=1S/C30H30N2O6.ClH/c1-35-25-10-8-19(15-27(25)37-3)13-21-17-23(32-30(34)24-7-5-6-12-31-24)18-22(29(21)33)14-20-9-11-26(36-2)28(16-20)38-4;/h5-16,23H,17-18H2,1-4H3,(H,32,34);1H/b21-13+,22-14+;. The van der Waals surface area contributed by atoms with E-state index in [9.17, 15) is 9.59 Å². The first-order valence-corrected chi connectivity index (χ1v) is 12.1. The van der Waals surface area contributed by atoms with Crippen LogP contribution in [0.2, 0.25) is 0 Å². The second kappa shape index (κ2) is 13.5. The summed E-state index contributed by atoms with van der Waals surface area (Å²) in [5.41, 5.74) is 3.03. The van der Waals surface area contributed by atoms with Gasteiger partial charge in [0, 0.05) is 23.4 Å². The first-order valence-electron chi connectivity index (χ1n) is 12.1. The number of pyridine rings is 1. The minimum atomic E-state index is -0.306. The van der Waals surface area contributed by atoms with Crippen molar-refractivity contribution in [3.63, 3.8) is 0 Å². The summed E-state index contributed by atoms with van der Waals surface area (Å²) in [6.07, 6.45) is 5.96. The van der Waals surface area contributed by atoms with E-state index in [4.69, 9.17) is 18.9 Å². The SMILES string of the molecule is COc1ccc(/C=C2\CC(NC(=O)c3ccccn3)C/C(=C\c3ccc(OC)c(OC)c3)C2=O)cc1OC.Cl. The normalized spacial score (nSPS) is 16.8. The molecule has 3 aromatic rings. The Bertz CT molecular complexity index is 1310. The summed E-state index contributed by atoms with van der Waals surface area (Å²) in [7, 11) is 6.27. The lowest BCUT2D eigenvalue weighted by Gasteiger charge is -2.27. The lowest BCUT2D eigenvalue weighted by atomic mass is 9.83. The number of rotatable bonds is 8. The molecule has 9 heteroatoms. The number of amides is 1. The van der Waals surface area contributed by atoms with Crippen LogP contribution in [0.3, 0.4) is 0 Å². The van der Waals surface area contributed by atoms with Crippen molar-refractivity contribution < 1.29 is 28.5 Å². The van der Waals surface area contributed by atoms with E-state index in [0.717, 1.165) is 11.1 Å². The quantitative estimate of drug-likeness (QED) is 0.387. The molecular formula is C30H31ClN2O6. The van der Waals surface area contributed by atoms with E-state index in [1.54, 1.807) is 65.0 Å². The van der Waals surface area contributed by atoms with Gasteiger partial charge in [0.1, 0.15) is 5.69 Å². The minimum Gasteiger partial charge on any atom is -0.493 e. The average molecular weight is 551 g/mol. The predicted octanol–water partition coefficient (Wildman–Crippen LogP) is 5.17. The van der Waals surface area contributed by atoms with Crippen LogP contribution in [0.4, 0.5) is 0 Å². The minimum absolute atomic E-state index is 0. The smallest absolute Gasteiger partial charge is 0.270 e. The van der Waals surface area contributed by atoms with Crippen molar-refractivity contribution in [2.75, 3.05) is 28.4 Å². The van der Waals surface area contributed by atoms with Gasteiger partial charge in [0.25, 0.3) is 5.91 Å². The Morgan fingerprint density at radius 3 is 1.74 bits per heavy atom. The summed E-state index contributed by atoms with van der Waals surface area (Å²) >= 11 is 0. The molecule has 4 rings (SSSR count). The molecule has 204 valence electrons. The summed E-state index contributed by atoms with van der Waals surface area (Å²) in [6, 6.07) is 15.8. The summed E-state index contributed by atoms with van der Waals surface area (Å²) < 4.78 is 21.5. The Labute approximate surface area is 234 Å². The maximum atomic E-state index is 13.6. The van der Waals surface area contributed by atoms with Gasteiger partial charge in [-0.05, 0) is 72.5 Å². The second-order valence-corrected chi connectivity index (χ2v) is 8.69. The van der Waals surface area contributed by atoms with Gasteiger partial charge in [-0.3, -0.25) is 14.6 Å². The number of aromatic nitrogens is 1. The van der Waals surface area contributed by atoms with Gasteiger partial charge < -0.3 is 24.3 Å². The highest BCUT2D eigenvalue weighted by molar-refractivity contribution is 6.14. The number of hydrogen-bond donors (Lipinski definition) is 1. The second-order valence-electron chi connectivity index (χ2n) is 8.69. The van der Waals surface area contributed by atoms with Crippen molar-refractivity contribution >= 4 is 36.2 Å². The van der Waals surface area contributed by atoms with Crippen molar-refractivity contribution in [2.24, 2.45) is 0 Å². The molecule has 2 aromatic carbocycles. The number of carbonyl (C=O) groups excluding carboxylic acids is 2. The van der Waals surface area contributed by atoms with E-state index in [-0.39, 0.29) is 30.1 Å². The third kappa shape index (κ3) is 6.97. The number of nitrogens with one attached hydrogen (secondary N) is 1. The molecule has 1 amide bonds. The number of ether oxygens (including phenoxy) is 4. The molecule has 8 nitrogen and oxygen atoms in total. The number of Topliss-reactive ketones (excluding diaryl/α,β-unsaturated/α-hetero) is 1. The van der Waals surface area contributed by atoms with Crippen LogP contribution in [0.5, 0.6) is 23.0 Å². The topological polar surface area (TPSA) is 96.0 Å². The van der Waals surface area contributed by atoms with Crippen molar-refractivity contribution in [1.29, 1.82) is 0 Å². The van der Waals surface area contributed by atoms with Gasteiger partial charge in [0.15, 0.2) is 28.8 Å². The fourth-order valence-electron chi connectivity index (χ4n) is 4.39. The highest BCUT2D eigenvalue weighted by atomic mass is 35.5. The third-order valence-corrected chi connectivity index (χ3v) is 6.25. The largest absolute Gasteiger partial charge is 0.493 e. The fourth-order valence-corrected chi connectivity index (χ4v) is 4.39. The number of methoxy groups -OCH3 is 4. The molecular weight excluding hydrogens is 520 g/mol. The molecule has 0 spiro atoms. The Balaban J connectivity index is 0.00000420. The highest BCUT2D eigenvalue weighted by Gasteiger charge is 2.29. The Kier molecular flexibility index (Phi) is 10.1. The van der Waals surface area contributed by atoms with E-state index in [1.165, 1.54) is 0 Å². The Hall–Kier alpha value is -4.30. The fraction of sp³-hybridized carbons (Fsp3) is 0.233. The first kappa shape index (κ1) is 29.3. The Morgan fingerprint density at radius 2 is 1.31 bits per heavy atom. The van der Waals surface area contributed by atoms with Crippen molar-refractivity contribution in [2.45, 2.75) is 18.9 Å². The molecule has 0 saturated heterocycles. The summed E-state index contributed by atoms with van der Waals surface area (Å²) in [5, 5.41) is 3.04. The number of carbonyl (C=O) groups is 2. The van der Waals surface area contributed by atoms with Crippen LogP contribution in [0.1, 0.15) is 34.5 Å². The molecule has 1 saturated carbocycles. The van der Waals surface area contributed by atoms with E-state index < -0.39 is 0 Å². The van der Waals surface area contributed by atoms with Crippen LogP contribution < -0.4 is 24.3 Å². The monoisotopic (exact) mass is 550 g/mol. The van der Waals surface area contributed by atoms with E-state index >= 15 is 0 Å². The van der Waals surface area contributed by atoms with Gasteiger partial charge in [-0.25, -0.2) is 0 Å². The molecule has 0 atom stereocenters. The van der Waals surface area contributed by atoms with Crippen LogP contribution in [0.15, 0.2) is 71.9 Å². The molecule has 0 radical (unpaired) electrons. The Morgan fingerprint density at radius 1 is 0.795 bits per heavy atom. The number of benzene rings is 2.